The molecule has 0 aromatic heterocycles. The van der Waals surface area contributed by atoms with Gasteiger partial charge >= 0.3 is 5.97 Å². The predicted molar refractivity (Wildman–Crippen MR) is 51.9 cm³/mol. The van der Waals surface area contributed by atoms with E-state index in [1.165, 1.54) is 7.11 Å². The molecule has 0 aliphatic carbocycles. The van der Waals surface area contributed by atoms with Crippen LogP contribution in [-0.4, -0.2) is 13.1 Å². The third-order valence-electron chi connectivity index (χ3n) is 1.82. The minimum absolute atomic E-state index is 0.403. The zero-order valence-electron chi connectivity index (χ0n) is 7.43. The van der Waals surface area contributed by atoms with Gasteiger partial charge < -0.3 is 10.5 Å². The lowest BCUT2D eigenvalue weighted by Crippen LogP contribution is -2.04. The Balaban J connectivity index is 3.26. The second-order valence-corrected chi connectivity index (χ2v) is 3.01. The van der Waals surface area contributed by atoms with Crippen LogP contribution in [0, 0.1) is 6.92 Å². The number of ether oxygens (including phenoxy) is 1. The molecule has 0 aliphatic heterocycles. The third-order valence-corrected chi connectivity index (χ3v) is 2.32. The summed E-state index contributed by atoms with van der Waals surface area (Å²) in [4.78, 5) is 11.2. The van der Waals surface area contributed by atoms with Gasteiger partial charge in [0.15, 0.2) is 0 Å². The number of esters is 1. The van der Waals surface area contributed by atoms with Gasteiger partial charge in [-0.05, 0) is 24.6 Å². The summed E-state index contributed by atoms with van der Waals surface area (Å²) in [5, 5.41) is 0.405. The maximum absolute atomic E-state index is 11.2. The molecule has 4 heteroatoms. The zero-order valence-corrected chi connectivity index (χ0v) is 8.18. The number of carbonyl (C=O) groups is 1. The number of rotatable bonds is 1. The topological polar surface area (TPSA) is 52.3 Å². The van der Waals surface area contributed by atoms with Crippen molar-refractivity contribution in [3.8, 4) is 0 Å². The first kappa shape index (κ1) is 9.86. The first-order valence-corrected chi connectivity index (χ1v) is 4.08. The Labute approximate surface area is 81.4 Å². The summed E-state index contributed by atoms with van der Waals surface area (Å²) in [6, 6.07) is 3.18. The standard InChI is InChI=1S/C9H10ClNO2/c1-5-6(9(12)13-2)3-4-7(11)8(5)10/h3-4H,11H2,1-2H3. The van der Waals surface area contributed by atoms with Gasteiger partial charge in [0.05, 0.1) is 23.4 Å². The average Bonchev–Trinajstić information content (AvgIpc) is 2.13. The molecule has 1 aromatic carbocycles. The van der Waals surface area contributed by atoms with E-state index >= 15 is 0 Å². The molecule has 0 saturated carbocycles. The van der Waals surface area contributed by atoms with Gasteiger partial charge in [-0.3, -0.25) is 0 Å². The molecule has 0 amide bonds. The Hall–Kier alpha value is -1.22. The average molecular weight is 200 g/mol. The van der Waals surface area contributed by atoms with Crippen molar-refractivity contribution >= 4 is 23.3 Å². The molecule has 0 spiro atoms. The molecule has 3 nitrogen and oxygen atoms in total. The molecule has 2 N–H and O–H groups in total. The Morgan fingerprint density at radius 2 is 2.15 bits per heavy atom. The fourth-order valence-corrected chi connectivity index (χ4v) is 1.20. The number of nitrogens with two attached hydrogens (primary N) is 1. The minimum atomic E-state index is -0.403. The van der Waals surface area contributed by atoms with Gasteiger partial charge in [0.1, 0.15) is 0 Å². The van der Waals surface area contributed by atoms with Crippen LogP contribution >= 0.6 is 11.6 Å². The first-order chi connectivity index (χ1) is 6.07. The van der Waals surface area contributed by atoms with E-state index < -0.39 is 5.97 Å². The largest absolute Gasteiger partial charge is 0.465 e. The molecule has 0 saturated heterocycles. The van der Waals surface area contributed by atoms with Crippen LogP contribution in [0.1, 0.15) is 15.9 Å². The smallest absolute Gasteiger partial charge is 0.338 e. The lowest BCUT2D eigenvalue weighted by Gasteiger charge is -2.06. The molecular formula is C9H10ClNO2. The van der Waals surface area contributed by atoms with Gasteiger partial charge in [-0.25, -0.2) is 4.79 Å². The van der Waals surface area contributed by atoms with Gasteiger partial charge in [0.2, 0.25) is 0 Å². The van der Waals surface area contributed by atoms with Gasteiger partial charge in [-0.2, -0.15) is 0 Å². The fourth-order valence-electron chi connectivity index (χ4n) is 1.04. The van der Waals surface area contributed by atoms with Gasteiger partial charge in [0, 0.05) is 0 Å². The van der Waals surface area contributed by atoms with Crippen molar-refractivity contribution in [1.82, 2.24) is 0 Å². The fraction of sp³-hybridized carbons (Fsp3) is 0.222. The van der Waals surface area contributed by atoms with Crippen LogP contribution in [0.25, 0.3) is 0 Å². The molecule has 0 heterocycles. The summed E-state index contributed by atoms with van der Waals surface area (Å²) in [5.74, 6) is -0.403. The SMILES string of the molecule is COC(=O)c1ccc(N)c(Cl)c1C. The molecular weight excluding hydrogens is 190 g/mol. The van der Waals surface area contributed by atoms with E-state index in [-0.39, 0.29) is 0 Å². The number of hydrogen-bond donors (Lipinski definition) is 1. The maximum atomic E-state index is 11.2. The number of halogens is 1. The number of hydrogen-bond acceptors (Lipinski definition) is 3. The molecule has 0 atom stereocenters. The summed E-state index contributed by atoms with van der Waals surface area (Å²) in [6.45, 7) is 1.73. The second kappa shape index (κ2) is 3.66. The van der Waals surface area contributed by atoms with E-state index in [9.17, 15) is 4.79 Å². The molecule has 0 fully saturated rings. The van der Waals surface area contributed by atoms with E-state index in [1.807, 2.05) is 0 Å². The van der Waals surface area contributed by atoms with Crippen LogP contribution in [0.2, 0.25) is 5.02 Å². The van der Waals surface area contributed by atoms with Gasteiger partial charge in [0.25, 0.3) is 0 Å². The number of benzene rings is 1. The van der Waals surface area contributed by atoms with E-state index in [0.717, 1.165) is 0 Å². The molecule has 0 radical (unpaired) electrons. The van der Waals surface area contributed by atoms with Crippen LogP contribution in [0.15, 0.2) is 12.1 Å². The summed E-state index contributed by atoms with van der Waals surface area (Å²) < 4.78 is 4.57. The Morgan fingerprint density at radius 3 is 2.69 bits per heavy atom. The van der Waals surface area contributed by atoms with Gasteiger partial charge in [-0.15, -0.1) is 0 Å². The van der Waals surface area contributed by atoms with E-state index in [4.69, 9.17) is 17.3 Å². The van der Waals surface area contributed by atoms with Crippen molar-refractivity contribution in [2.24, 2.45) is 0 Å². The quantitative estimate of drug-likeness (QED) is 0.556. The van der Waals surface area contributed by atoms with Crippen molar-refractivity contribution in [1.29, 1.82) is 0 Å². The monoisotopic (exact) mass is 199 g/mol. The molecule has 0 aliphatic rings. The van der Waals surface area contributed by atoms with Crippen molar-refractivity contribution in [2.45, 2.75) is 6.92 Å². The number of carbonyl (C=O) groups excluding carboxylic acids is 1. The first-order valence-electron chi connectivity index (χ1n) is 3.70. The van der Waals surface area contributed by atoms with E-state index in [2.05, 4.69) is 4.74 Å². The Bertz CT molecular complexity index is 350. The third kappa shape index (κ3) is 1.75. The van der Waals surface area contributed by atoms with Crippen molar-refractivity contribution in [2.75, 3.05) is 12.8 Å². The highest BCUT2D eigenvalue weighted by Gasteiger charge is 2.12. The molecule has 13 heavy (non-hydrogen) atoms. The second-order valence-electron chi connectivity index (χ2n) is 2.63. The maximum Gasteiger partial charge on any atom is 0.338 e. The molecule has 0 bridgehead atoms. The van der Waals surface area contributed by atoms with Crippen LogP contribution in [0.5, 0.6) is 0 Å². The number of anilines is 1. The van der Waals surface area contributed by atoms with Crippen molar-refractivity contribution in [3.63, 3.8) is 0 Å². The Kier molecular flexibility index (Phi) is 2.78. The zero-order chi connectivity index (χ0) is 10.0. The lowest BCUT2D eigenvalue weighted by atomic mass is 10.1. The lowest BCUT2D eigenvalue weighted by molar-refractivity contribution is 0.0600. The van der Waals surface area contributed by atoms with Gasteiger partial charge in [-0.1, -0.05) is 11.6 Å². The molecule has 1 aromatic rings. The van der Waals surface area contributed by atoms with E-state index in [0.29, 0.717) is 21.8 Å². The highest BCUT2D eigenvalue weighted by atomic mass is 35.5. The summed E-state index contributed by atoms with van der Waals surface area (Å²) >= 11 is 5.85. The van der Waals surface area contributed by atoms with E-state index in [1.54, 1.807) is 19.1 Å². The van der Waals surface area contributed by atoms with Crippen LogP contribution in [-0.2, 0) is 4.74 Å². The van der Waals surface area contributed by atoms with Crippen molar-refractivity contribution < 1.29 is 9.53 Å². The summed E-state index contributed by atoms with van der Waals surface area (Å²) in [5.41, 5.74) is 7.10. The molecule has 0 unspecified atom stereocenters. The highest BCUT2D eigenvalue weighted by molar-refractivity contribution is 6.34. The summed E-state index contributed by atoms with van der Waals surface area (Å²) in [7, 11) is 1.33. The Morgan fingerprint density at radius 1 is 1.54 bits per heavy atom. The predicted octanol–water partition coefficient (Wildman–Crippen LogP) is 2.02. The van der Waals surface area contributed by atoms with Crippen molar-refractivity contribution in [3.05, 3.63) is 28.3 Å². The minimum Gasteiger partial charge on any atom is -0.465 e. The highest BCUT2D eigenvalue weighted by Crippen LogP contribution is 2.25. The normalized spacial score (nSPS) is 9.77. The van der Waals surface area contributed by atoms with Crippen LogP contribution < -0.4 is 5.73 Å². The number of nitrogen functional groups attached to an aromatic ring is 1. The number of methoxy groups -OCH3 is 1. The molecule has 1 rings (SSSR count). The summed E-state index contributed by atoms with van der Waals surface area (Å²) in [6.07, 6.45) is 0. The van der Waals surface area contributed by atoms with Crippen LogP contribution in [0.4, 0.5) is 5.69 Å². The van der Waals surface area contributed by atoms with Crippen LogP contribution in [0.3, 0.4) is 0 Å². The molecule has 70 valence electrons.